The zero-order valence-corrected chi connectivity index (χ0v) is 11.3. The summed E-state index contributed by atoms with van der Waals surface area (Å²) in [6, 6.07) is 10.4. The first kappa shape index (κ1) is 13.3. The molecular weight excluding hydrogens is 270 g/mol. The van der Waals surface area contributed by atoms with Crippen molar-refractivity contribution in [3.8, 4) is 0 Å². The summed E-state index contributed by atoms with van der Waals surface area (Å²) in [6.07, 6.45) is 0.130. The molecule has 2 heterocycles. The van der Waals surface area contributed by atoms with Gasteiger partial charge in [0, 0.05) is 11.1 Å². The van der Waals surface area contributed by atoms with Crippen molar-refractivity contribution in [3.05, 3.63) is 65.2 Å². The summed E-state index contributed by atoms with van der Waals surface area (Å²) in [6.45, 7) is 1.91. The maximum atomic E-state index is 11.1. The number of carboxylic acids is 1. The van der Waals surface area contributed by atoms with E-state index in [4.69, 9.17) is 9.52 Å². The quantitative estimate of drug-likeness (QED) is 0.772. The van der Waals surface area contributed by atoms with Crippen LogP contribution in [-0.2, 0) is 0 Å². The van der Waals surface area contributed by atoms with E-state index < -0.39 is 12.1 Å². The van der Waals surface area contributed by atoms with Crippen LogP contribution in [0.15, 0.2) is 47.1 Å². The molecule has 1 aromatic carbocycles. The van der Waals surface area contributed by atoms with Gasteiger partial charge in [0.05, 0.1) is 11.8 Å². The summed E-state index contributed by atoms with van der Waals surface area (Å²) < 4.78 is 5.13. The highest BCUT2D eigenvalue weighted by atomic mass is 16.4. The summed E-state index contributed by atoms with van der Waals surface area (Å²) in [5.41, 5.74) is 2.26. The lowest BCUT2D eigenvalue weighted by atomic mass is 10.0. The van der Waals surface area contributed by atoms with E-state index in [-0.39, 0.29) is 11.3 Å². The van der Waals surface area contributed by atoms with E-state index in [2.05, 4.69) is 4.98 Å². The second-order valence-electron chi connectivity index (χ2n) is 4.81. The molecule has 0 saturated heterocycles. The van der Waals surface area contributed by atoms with Crippen LogP contribution in [0.3, 0.4) is 0 Å². The molecule has 0 aliphatic carbocycles. The minimum absolute atomic E-state index is 0.0296. The molecule has 0 amide bonds. The van der Waals surface area contributed by atoms with Crippen LogP contribution in [0.25, 0.3) is 10.9 Å². The zero-order valence-electron chi connectivity index (χ0n) is 11.3. The Labute approximate surface area is 120 Å². The molecule has 21 heavy (non-hydrogen) atoms. The molecule has 2 N–H and O–H groups in total. The number of hydrogen-bond donors (Lipinski definition) is 2. The second-order valence-corrected chi connectivity index (χ2v) is 4.81. The largest absolute Gasteiger partial charge is 0.478 e. The molecule has 0 fully saturated rings. The third-order valence-electron chi connectivity index (χ3n) is 3.34. The maximum absolute atomic E-state index is 11.1. The van der Waals surface area contributed by atoms with E-state index in [1.54, 1.807) is 18.2 Å². The normalized spacial score (nSPS) is 12.5. The number of benzene rings is 1. The number of fused-ring (bicyclic) bond motifs is 1. The fourth-order valence-corrected chi connectivity index (χ4v) is 2.28. The molecule has 0 radical (unpaired) electrons. The molecular formula is C16H13NO4. The molecule has 1 unspecified atom stereocenters. The summed E-state index contributed by atoms with van der Waals surface area (Å²) >= 11 is 0. The lowest BCUT2D eigenvalue weighted by Gasteiger charge is -2.10. The Morgan fingerprint density at radius 1 is 1.24 bits per heavy atom. The van der Waals surface area contributed by atoms with Crippen molar-refractivity contribution in [3.63, 3.8) is 0 Å². The van der Waals surface area contributed by atoms with Crippen molar-refractivity contribution >= 4 is 16.9 Å². The second kappa shape index (κ2) is 5.03. The molecule has 106 valence electrons. The van der Waals surface area contributed by atoms with Gasteiger partial charge in [-0.2, -0.15) is 0 Å². The van der Waals surface area contributed by atoms with E-state index >= 15 is 0 Å². The third kappa shape index (κ3) is 2.39. The van der Waals surface area contributed by atoms with E-state index in [9.17, 15) is 9.90 Å². The molecule has 0 bridgehead atoms. The Morgan fingerprint density at radius 2 is 2.05 bits per heavy atom. The van der Waals surface area contributed by atoms with Gasteiger partial charge < -0.3 is 14.6 Å². The summed E-state index contributed by atoms with van der Waals surface area (Å²) in [4.78, 5) is 15.5. The standard InChI is InChI=1S/C16H13NO4/c1-9-2-3-10-8-11(4-5-13(10)17-9)14(18)15-12(16(19)20)6-7-21-15/h2-8,14,18H,1H3,(H,19,20). The van der Waals surface area contributed by atoms with Gasteiger partial charge in [-0.25, -0.2) is 4.79 Å². The van der Waals surface area contributed by atoms with Crippen molar-refractivity contribution in [2.24, 2.45) is 0 Å². The molecule has 5 nitrogen and oxygen atoms in total. The topological polar surface area (TPSA) is 83.6 Å². The van der Waals surface area contributed by atoms with Gasteiger partial charge in [0.1, 0.15) is 11.7 Å². The average Bonchev–Trinajstić information content (AvgIpc) is 2.95. The van der Waals surface area contributed by atoms with Crippen LogP contribution < -0.4 is 0 Å². The van der Waals surface area contributed by atoms with Crippen LogP contribution in [0, 0.1) is 6.92 Å². The maximum Gasteiger partial charge on any atom is 0.339 e. The zero-order chi connectivity index (χ0) is 15.0. The number of aliphatic hydroxyl groups is 1. The number of nitrogens with zero attached hydrogens (tertiary/aromatic N) is 1. The van der Waals surface area contributed by atoms with Crippen LogP contribution in [0.2, 0.25) is 0 Å². The van der Waals surface area contributed by atoms with Gasteiger partial charge >= 0.3 is 5.97 Å². The van der Waals surface area contributed by atoms with Crippen molar-refractivity contribution in [1.82, 2.24) is 4.98 Å². The fourth-order valence-electron chi connectivity index (χ4n) is 2.28. The summed E-state index contributed by atoms with van der Waals surface area (Å²) in [5.74, 6) is -1.10. The average molecular weight is 283 g/mol. The van der Waals surface area contributed by atoms with E-state index in [1.807, 2.05) is 19.1 Å². The highest BCUT2D eigenvalue weighted by Gasteiger charge is 2.22. The number of rotatable bonds is 3. The van der Waals surface area contributed by atoms with E-state index in [0.29, 0.717) is 5.56 Å². The SMILES string of the molecule is Cc1ccc2cc(C(O)c3occc3C(=O)O)ccc2n1. The Morgan fingerprint density at radius 3 is 2.81 bits per heavy atom. The fraction of sp³-hybridized carbons (Fsp3) is 0.125. The summed E-state index contributed by atoms with van der Waals surface area (Å²) in [5, 5.41) is 20.3. The lowest BCUT2D eigenvalue weighted by molar-refractivity contribution is 0.0687. The first-order chi connectivity index (χ1) is 10.1. The Kier molecular flexibility index (Phi) is 3.19. The lowest BCUT2D eigenvalue weighted by Crippen LogP contribution is -2.05. The number of aromatic carboxylic acids is 1. The van der Waals surface area contributed by atoms with Gasteiger partial charge in [-0.1, -0.05) is 12.1 Å². The number of aromatic nitrogens is 1. The molecule has 3 aromatic rings. The number of pyridine rings is 1. The Hall–Kier alpha value is -2.66. The molecule has 1 atom stereocenters. The minimum Gasteiger partial charge on any atom is -0.478 e. The summed E-state index contributed by atoms with van der Waals surface area (Å²) in [7, 11) is 0. The van der Waals surface area contributed by atoms with Crippen molar-refractivity contribution in [1.29, 1.82) is 0 Å². The Bertz CT molecular complexity index is 822. The van der Waals surface area contributed by atoms with Crippen molar-refractivity contribution in [2.75, 3.05) is 0 Å². The number of carbonyl (C=O) groups is 1. The van der Waals surface area contributed by atoms with Crippen LogP contribution in [-0.4, -0.2) is 21.2 Å². The number of hydrogen-bond acceptors (Lipinski definition) is 4. The van der Waals surface area contributed by atoms with Gasteiger partial charge in [0.25, 0.3) is 0 Å². The van der Waals surface area contributed by atoms with Gasteiger partial charge in [-0.3, -0.25) is 4.98 Å². The first-order valence-electron chi connectivity index (χ1n) is 6.42. The van der Waals surface area contributed by atoms with E-state index in [0.717, 1.165) is 16.6 Å². The Balaban J connectivity index is 2.05. The highest BCUT2D eigenvalue weighted by Crippen LogP contribution is 2.28. The van der Waals surface area contributed by atoms with Crippen molar-refractivity contribution in [2.45, 2.75) is 13.0 Å². The molecule has 0 aliphatic rings. The number of furan rings is 1. The monoisotopic (exact) mass is 283 g/mol. The molecule has 0 saturated carbocycles. The number of aliphatic hydroxyl groups excluding tert-OH is 1. The predicted molar refractivity (Wildman–Crippen MR) is 76.2 cm³/mol. The molecule has 0 aliphatic heterocycles. The number of aryl methyl sites for hydroxylation is 1. The highest BCUT2D eigenvalue weighted by molar-refractivity contribution is 5.89. The minimum atomic E-state index is -1.13. The van der Waals surface area contributed by atoms with Gasteiger partial charge in [-0.15, -0.1) is 0 Å². The van der Waals surface area contributed by atoms with Crippen LogP contribution in [0.4, 0.5) is 0 Å². The molecule has 0 spiro atoms. The van der Waals surface area contributed by atoms with Gasteiger partial charge in [0.2, 0.25) is 0 Å². The van der Waals surface area contributed by atoms with E-state index in [1.165, 1.54) is 12.3 Å². The molecule has 5 heteroatoms. The van der Waals surface area contributed by atoms with Gasteiger partial charge in [0.15, 0.2) is 5.76 Å². The smallest absolute Gasteiger partial charge is 0.339 e. The van der Waals surface area contributed by atoms with Crippen molar-refractivity contribution < 1.29 is 19.4 Å². The van der Waals surface area contributed by atoms with Crippen LogP contribution >= 0.6 is 0 Å². The predicted octanol–water partition coefficient (Wildman–Crippen LogP) is 2.92. The molecule has 3 rings (SSSR count). The third-order valence-corrected chi connectivity index (χ3v) is 3.34. The molecule has 2 aromatic heterocycles. The number of carboxylic acid groups (broad SMARTS) is 1. The van der Waals surface area contributed by atoms with Crippen LogP contribution in [0.5, 0.6) is 0 Å². The first-order valence-corrected chi connectivity index (χ1v) is 6.42. The van der Waals surface area contributed by atoms with Crippen LogP contribution in [0.1, 0.15) is 33.5 Å². The van der Waals surface area contributed by atoms with Gasteiger partial charge in [-0.05, 0) is 36.8 Å².